The molecule has 2 heterocycles. The van der Waals surface area contributed by atoms with Gasteiger partial charge in [0.15, 0.2) is 5.92 Å². The molecule has 0 bridgehead atoms. The van der Waals surface area contributed by atoms with Gasteiger partial charge in [-0.3, -0.25) is 14.5 Å². The SMILES string of the molecule is CCOC(=O)[C@H]1C(=O)N(CCCOC)c2nc3ccccc3n2[C@@H]1c1cccc(C)c1. The number of ether oxygens (including phenoxy) is 2. The lowest BCUT2D eigenvalue weighted by Crippen LogP contribution is -2.50. The molecule has 1 amide bonds. The van der Waals surface area contributed by atoms with Crippen molar-refractivity contribution in [2.24, 2.45) is 5.92 Å². The van der Waals surface area contributed by atoms with Gasteiger partial charge in [0.25, 0.3) is 0 Å². The Morgan fingerprint density at radius 2 is 1.97 bits per heavy atom. The van der Waals surface area contributed by atoms with Gasteiger partial charge in [-0.25, -0.2) is 4.98 Å². The molecule has 3 aromatic rings. The minimum absolute atomic E-state index is 0.213. The zero-order valence-electron chi connectivity index (χ0n) is 18.1. The average molecular weight is 421 g/mol. The van der Waals surface area contributed by atoms with Gasteiger partial charge in [-0.2, -0.15) is 0 Å². The number of para-hydroxylation sites is 2. The number of carbonyl (C=O) groups is 2. The van der Waals surface area contributed by atoms with E-state index in [2.05, 4.69) is 0 Å². The van der Waals surface area contributed by atoms with E-state index in [9.17, 15) is 9.59 Å². The molecular formula is C24H27N3O4. The van der Waals surface area contributed by atoms with Gasteiger partial charge in [-0.05, 0) is 38.0 Å². The highest BCUT2D eigenvalue weighted by molar-refractivity contribution is 6.08. The van der Waals surface area contributed by atoms with Gasteiger partial charge in [-0.1, -0.05) is 42.0 Å². The zero-order valence-corrected chi connectivity index (χ0v) is 18.1. The summed E-state index contributed by atoms with van der Waals surface area (Å²) in [6, 6.07) is 15.1. The summed E-state index contributed by atoms with van der Waals surface area (Å²) < 4.78 is 12.6. The number of aryl methyl sites for hydroxylation is 1. The first-order valence-electron chi connectivity index (χ1n) is 10.6. The van der Waals surface area contributed by atoms with Crippen LogP contribution in [0.15, 0.2) is 48.5 Å². The van der Waals surface area contributed by atoms with Gasteiger partial charge in [0.1, 0.15) is 0 Å². The molecular weight excluding hydrogens is 394 g/mol. The Labute approximate surface area is 181 Å². The van der Waals surface area contributed by atoms with Crippen LogP contribution in [0.4, 0.5) is 5.95 Å². The minimum atomic E-state index is -0.991. The molecule has 0 radical (unpaired) electrons. The number of hydrogen-bond acceptors (Lipinski definition) is 5. The van der Waals surface area contributed by atoms with Gasteiger partial charge < -0.3 is 14.0 Å². The fourth-order valence-electron chi connectivity index (χ4n) is 4.28. The standard InChI is InChI=1S/C24H27N3O4/c1-4-31-23(29)20-21(17-10-7-9-16(2)15-17)27-19-12-6-5-11-18(19)25-24(27)26(22(20)28)13-8-14-30-3/h5-7,9-12,15,20-21H,4,8,13-14H2,1-3H3/t20-,21-/m1/s1. The van der Waals surface area contributed by atoms with Crippen molar-refractivity contribution in [3.8, 4) is 0 Å². The molecule has 2 aromatic carbocycles. The third kappa shape index (κ3) is 3.81. The zero-order chi connectivity index (χ0) is 22.0. The Balaban J connectivity index is 1.94. The molecule has 0 N–H and O–H groups in total. The summed E-state index contributed by atoms with van der Waals surface area (Å²) in [5.74, 6) is -1.24. The maximum atomic E-state index is 13.7. The van der Waals surface area contributed by atoms with Crippen molar-refractivity contribution in [2.45, 2.75) is 26.3 Å². The highest BCUT2D eigenvalue weighted by atomic mass is 16.5. The van der Waals surface area contributed by atoms with Crippen LogP contribution in [0.3, 0.4) is 0 Å². The van der Waals surface area contributed by atoms with Gasteiger partial charge in [0.2, 0.25) is 11.9 Å². The predicted octanol–water partition coefficient (Wildman–Crippen LogP) is 3.50. The van der Waals surface area contributed by atoms with E-state index in [1.807, 2.05) is 60.0 Å². The number of methoxy groups -OCH3 is 1. The fraction of sp³-hybridized carbons (Fsp3) is 0.375. The van der Waals surface area contributed by atoms with Crippen LogP contribution in [0.1, 0.15) is 30.5 Å². The molecule has 31 heavy (non-hydrogen) atoms. The monoisotopic (exact) mass is 421 g/mol. The quantitative estimate of drug-likeness (QED) is 0.332. The van der Waals surface area contributed by atoms with Crippen molar-refractivity contribution >= 4 is 28.9 Å². The van der Waals surface area contributed by atoms with E-state index in [1.54, 1.807) is 18.9 Å². The molecule has 4 rings (SSSR count). The normalized spacial score (nSPS) is 18.3. The molecule has 0 aliphatic carbocycles. The number of carbonyl (C=O) groups excluding carboxylic acids is 2. The number of nitrogens with zero attached hydrogens (tertiary/aromatic N) is 3. The van der Waals surface area contributed by atoms with Gasteiger partial charge in [-0.15, -0.1) is 0 Å². The number of fused-ring (bicyclic) bond motifs is 3. The molecule has 162 valence electrons. The van der Waals surface area contributed by atoms with E-state index in [0.29, 0.717) is 25.5 Å². The van der Waals surface area contributed by atoms with Crippen molar-refractivity contribution in [2.75, 3.05) is 31.8 Å². The highest BCUT2D eigenvalue weighted by Gasteiger charge is 2.47. The Morgan fingerprint density at radius 1 is 1.16 bits per heavy atom. The first kappa shape index (κ1) is 21.1. The predicted molar refractivity (Wildman–Crippen MR) is 118 cm³/mol. The number of benzene rings is 2. The molecule has 0 spiro atoms. The topological polar surface area (TPSA) is 73.7 Å². The van der Waals surface area contributed by atoms with E-state index in [4.69, 9.17) is 14.5 Å². The summed E-state index contributed by atoms with van der Waals surface area (Å²) >= 11 is 0. The van der Waals surface area contributed by atoms with Crippen LogP contribution in [-0.4, -0.2) is 48.3 Å². The highest BCUT2D eigenvalue weighted by Crippen LogP contribution is 2.41. The molecule has 0 fully saturated rings. The van der Waals surface area contributed by atoms with Crippen LogP contribution in [0, 0.1) is 12.8 Å². The van der Waals surface area contributed by atoms with Crippen LogP contribution in [0.2, 0.25) is 0 Å². The van der Waals surface area contributed by atoms with Gasteiger partial charge in [0.05, 0.1) is 23.7 Å². The van der Waals surface area contributed by atoms with Crippen molar-refractivity contribution in [3.63, 3.8) is 0 Å². The van der Waals surface area contributed by atoms with Crippen LogP contribution in [0.25, 0.3) is 11.0 Å². The Hall–Kier alpha value is -3.19. The fourth-order valence-corrected chi connectivity index (χ4v) is 4.28. The summed E-state index contributed by atoms with van der Waals surface area (Å²) in [6.45, 7) is 4.88. The molecule has 2 atom stereocenters. The summed E-state index contributed by atoms with van der Waals surface area (Å²) in [4.78, 5) is 33.1. The van der Waals surface area contributed by atoms with E-state index in [1.165, 1.54) is 0 Å². The second kappa shape index (κ2) is 8.89. The van der Waals surface area contributed by atoms with E-state index in [-0.39, 0.29) is 12.5 Å². The van der Waals surface area contributed by atoms with Crippen molar-refractivity contribution < 1.29 is 19.1 Å². The van der Waals surface area contributed by atoms with Crippen molar-refractivity contribution in [1.82, 2.24) is 9.55 Å². The first-order chi connectivity index (χ1) is 15.1. The second-order valence-electron chi connectivity index (χ2n) is 7.70. The van der Waals surface area contributed by atoms with Crippen molar-refractivity contribution in [3.05, 3.63) is 59.7 Å². The molecule has 1 aliphatic heterocycles. The lowest BCUT2D eigenvalue weighted by molar-refractivity contribution is -0.153. The molecule has 0 saturated heterocycles. The first-order valence-corrected chi connectivity index (χ1v) is 10.6. The summed E-state index contributed by atoms with van der Waals surface area (Å²) in [5.41, 5.74) is 3.60. The smallest absolute Gasteiger partial charge is 0.321 e. The molecule has 7 nitrogen and oxygen atoms in total. The molecule has 0 saturated carbocycles. The largest absolute Gasteiger partial charge is 0.465 e. The van der Waals surface area contributed by atoms with E-state index >= 15 is 0 Å². The number of amides is 1. The third-order valence-electron chi connectivity index (χ3n) is 5.60. The van der Waals surface area contributed by atoms with E-state index in [0.717, 1.165) is 22.2 Å². The molecule has 0 unspecified atom stereocenters. The second-order valence-corrected chi connectivity index (χ2v) is 7.70. The van der Waals surface area contributed by atoms with E-state index < -0.39 is 17.9 Å². The Morgan fingerprint density at radius 3 is 2.71 bits per heavy atom. The van der Waals surface area contributed by atoms with Crippen LogP contribution in [-0.2, 0) is 19.1 Å². The lowest BCUT2D eigenvalue weighted by Gasteiger charge is -2.38. The third-order valence-corrected chi connectivity index (χ3v) is 5.60. The average Bonchev–Trinajstić information content (AvgIpc) is 3.14. The lowest BCUT2D eigenvalue weighted by atomic mass is 9.88. The molecule has 1 aromatic heterocycles. The van der Waals surface area contributed by atoms with Crippen LogP contribution >= 0.6 is 0 Å². The number of anilines is 1. The number of hydrogen-bond donors (Lipinski definition) is 0. The molecule has 7 heteroatoms. The maximum Gasteiger partial charge on any atom is 0.321 e. The summed E-state index contributed by atoms with van der Waals surface area (Å²) in [7, 11) is 1.63. The van der Waals surface area contributed by atoms with Crippen LogP contribution in [0.5, 0.6) is 0 Å². The van der Waals surface area contributed by atoms with Crippen molar-refractivity contribution in [1.29, 1.82) is 0 Å². The molecule has 1 aliphatic rings. The maximum absolute atomic E-state index is 13.7. The Kier molecular flexibility index (Phi) is 6.04. The number of esters is 1. The number of aromatic nitrogens is 2. The number of imidazole rings is 1. The minimum Gasteiger partial charge on any atom is -0.465 e. The summed E-state index contributed by atoms with van der Waals surface area (Å²) in [6.07, 6.45) is 0.635. The van der Waals surface area contributed by atoms with Gasteiger partial charge in [0, 0.05) is 20.3 Å². The summed E-state index contributed by atoms with van der Waals surface area (Å²) in [5, 5.41) is 0. The Bertz CT molecular complexity index is 1110. The number of rotatable bonds is 7. The van der Waals surface area contributed by atoms with Gasteiger partial charge >= 0.3 is 5.97 Å². The van der Waals surface area contributed by atoms with Crippen LogP contribution < -0.4 is 4.90 Å².